The lowest BCUT2D eigenvalue weighted by Gasteiger charge is -2.18. The Morgan fingerprint density at radius 2 is 1.61 bits per heavy atom. The molecular formula is C21H27N3O5S2. The van der Waals surface area contributed by atoms with Crippen LogP contribution >= 0.6 is 0 Å². The molecule has 0 aliphatic carbocycles. The summed E-state index contributed by atoms with van der Waals surface area (Å²) in [7, 11) is -6.97. The molecule has 0 saturated carbocycles. The normalized spacial score (nSPS) is 12.3. The van der Waals surface area contributed by atoms with E-state index < -0.39 is 26.0 Å². The number of sulfonamides is 2. The summed E-state index contributed by atoms with van der Waals surface area (Å²) in [5, 5.41) is 2.67. The van der Waals surface area contributed by atoms with E-state index in [2.05, 4.69) is 10.0 Å². The van der Waals surface area contributed by atoms with Gasteiger partial charge in [0.05, 0.1) is 16.8 Å². The van der Waals surface area contributed by atoms with Crippen molar-refractivity contribution in [2.45, 2.75) is 25.7 Å². The molecule has 0 bridgehead atoms. The zero-order valence-corrected chi connectivity index (χ0v) is 19.5. The van der Waals surface area contributed by atoms with Crippen molar-refractivity contribution in [1.82, 2.24) is 4.31 Å². The molecule has 0 fully saturated rings. The highest BCUT2D eigenvalue weighted by Gasteiger charge is 2.20. The quantitative estimate of drug-likeness (QED) is 0.553. The lowest BCUT2D eigenvalue weighted by Crippen LogP contribution is -2.30. The summed E-state index contributed by atoms with van der Waals surface area (Å²) in [5.74, 6) is -0.408. The predicted molar refractivity (Wildman–Crippen MR) is 124 cm³/mol. The number of aryl methyl sites for hydroxylation is 1. The minimum absolute atomic E-state index is 0.198. The summed E-state index contributed by atoms with van der Waals surface area (Å²) in [5.41, 5.74) is 2.21. The maximum Gasteiger partial charge on any atom is 0.248 e. The maximum atomic E-state index is 12.5. The highest BCUT2D eigenvalue weighted by Crippen LogP contribution is 2.21. The summed E-state index contributed by atoms with van der Waals surface area (Å²) < 4.78 is 51.7. The standard InChI is InChI=1S/C21H27N3O5S2/c1-5-24(6-2)31(28,29)19-12-8-17(9-13-19)10-14-21(25)22-18-11-7-16(3)20(15-18)23-30(4,26)27/h7-15,23H,5-6H2,1-4H3,(H,22,25)/b14-10+. The van der Waals surface area contributed by atoms with Gasteiger partial charge in [-0.3, -0.25) is 9.52 Å². The van der Waals surface area contributed by atoms with Crippen LogP contribution in [0.2, 0.25) is 0 Å². The molecular weight excluding hydrogens is 438 g/mol. The smallest absolute Gasteiger partial charge is 0.248 e. The third-order valence-electron chi connectivity index (χ3n) is 4.45. The average Bonchev–Trinajstić information content (AvgIpc) is 2.69. The molecule has 31 heavy (non-hydrogen) atoms. The molecule has 0 aliphatic rings. The summed E-state index contributed by atoms with van der Waals surface area (Å²) in [6.07, 6.45) is 3.93. The van der Waals surface area contributed by atoms with Crippen molar-refractivity contribution in [2.24, 2.45) is 0 Å². The number of nitrogens with zero attached hydrogens (tertiary/aromatic N) is 1. The molecule has 2 aromatic carbocycles. The van der Waals surface area contributed by atoms with Gasteiger partial charge < -0.3 is 5.32 Å². The van der Waals surface area contributed by atoms with Gasteiger partial charge in [0.1, 0.15) is 0 Å². The van der Waals surface area contributed by atoms with Crippen molar-refractivity contribution in [3.8, 4) is 0 Å². The molecule has 2 aromatic rings. The van der Waals surface area contributed by atoms with Gasteiger partial charge in [-0.2, -0.15) is 4.31 Å². The zero-order chi connectivity index (χ0) is 23.2. The lowest BCUT2D eigenvalue weighted by molar-refractivity contribution is -0.111. The van der Waals surface area contributed by atoms with Crippen molar-refractivity contribution < 1.29 is 21.6 Å². The number of hydrogen-bond acceptors (Lipinski definition) is 5. The van der Waals surface area contributed by atoms with Gasteiger partial charge in [0, 0.05) is 24.9 Å². The summed E-state index contributed by atoms with van der Waals surface area (Å²) in [6.45, 7) is 6.10. The second kappa shape index (κ2) is 10.1. The summed E-state index contributed by atoms with van der Waals surface area (Å²) in [6, 6.07) is 11.2. The number of carbonyl (C=O) groups excluding carboxylic acids is 1. The molecule has 0 unspecified atom stereocenters. The first kappa shape index (κ1) is 24.6. The molecule has 0 atom stereocenters. The molecule has 2 N–H and O–H groups in total. The van der Waals surface area contributed by atoms with Crippen LogP contribution in [0.4, 0.5) is 11.4 Å². The number of carbonyl (C=O) groups is 1. The fourth-order valence-electron chi connectivity index (χ4n) is 2.83. The highest BCUT2D eigenvalue weighted by atomic mass is 32.2. The molecule has 0 aromatic heterocycles. The second-order valence-electron chi connectivity index (χ2n) is 6.88. The summed E-state index contributed by atoms with van der Waals surface area (Å²) in [4.78, 5) is 12.4. The van der Waals surface area contributed by atoms with E-state index in [9.17, 15) is 21.6 Å². The van der Waals surface area contributed by atoms with Gasteiger partial charge in [0.25, 0.3) is 0 Å². The first-order valence-electron chi connectivity index (χ1n) is 9.64. The summed E-state index contributed by atoms with van der Waals surface area (Å²) >= 11 is 0. The Bertz CT molecular complexity index is 1170. The van der Waals surface area contributed by atoms with Gasteiger partial charge in [-0.05, 0) is 48.4 Å². The van der Waals surface area contributed by atoms with E-state index in [-0.39, 0.29) is 4.90 Å². The van der Waals surface area contributed by atoms with Gasteiger partial charge in [0.2, 0.25) is 26.0 Å². The molecule has 0 saturated heterocycles. The molecule has 168 valence electrons. The van der Waals surface area contributed by atoms with Gasteiger partial charge in [0.15, 0.2) is 0 Å². The van der Waals surface area contributed by atoms with Gasteiger partial charge in [-0.25, -0.2) is 16.8 Å². The van der Waals surface area contributed by atoms with Crippen LogP contribution in [-0.4, -0.2) is 46.4 Å². The van der Waals surface area contributed by atoms with Crippen molar-refractivity contribution in [3.05, 3.63) is 59.7 Å². The van der Waals surface area contributed by atoms with E-state index in [0.29, 0.717) is 30.0 Å². The minimum atomic E-state index is -3.53. The van der Waals surface area contributed by atoms with Crippen LogP contribution in [0.15, 0.2) is 53.4 Å². The Balaban J connectivity index is 2.10. The third-order valence-corrected chi connectivity index (χ3v) is 7.11. The van der Waals surface area contributed by atoms with Gasteiger partial charge >= 0.3 is 0 Å². The van der Waals surface area contributed by atoms with Gasteiger partial charge in [-0.15, -0.1) is 0 Å². The topological polar surface area (TPSA) is 113 Å². The average molecular weight is 466 g/mol. The molecule has 2 rings (SSSR count). The van der Waals surface area contributed by atoms with E-state index >= 15 is 0 Å². The fourth-order valence-corrected chi connectivity index (χ4v) is 4.91. The monoisotopic (exact) mass is 465 g/mol. The van der Waals surface area contributed by atoms with Crippen LogP contribution in [-0.2, 0) is 24.8 Å². The largest absolute Gasteiger partial charge is 0.322 e. The highest BCUT2D eigenvalue weighted by molar-refractivity contribution is 7.92. The lowest BCUT2D eigenvalue weighted by atomic mass is 10.2. The first-order chi connectivity index (χ1) is 14.5. The Labute approximate surface area is 184 Å². The molecule has 8 nitrogen and oxygen atoms in total. The molecule has 0 radical (unpaired) electrons. The Kier molecular flexibility index (Phi) is 7.99. The van der Waals surface area contributed by atoms with Crippen LogP contribution in [0, 0.1) is 6.92 Å². The van der Waals surface area contributed by atoms with E-state index in [1.54, 1.807) is 51.1 Å². The van der Waals surface area contributed by atoms with Crippen molar-refractivity contribution in [1.29, 1.82) is 0 Å². The fraction of sp³-hybridized carbons (Fsp3) is 0.286. The van der Waals surface area contributed by atoms with Crippen molar-refractivity contribution in [2.75, 3.05) is 29.4 Å². The zero-order valence-electron chi connectivity index (χ0n) is 17.9. The Morgan fingerprint density at radius 1 is 1.00 bits per heavy atom. The van der Waals surface area contributed by atoms with E-state index in [0.717, 1.165) is 11.8 Å². The molecule has 0 heterocycles. The van der Waals surface area contributed by atoms with Crippen LogP contribution in [0.25, 0.3) is 6.08 Å². The maximum absolute atomic E-state index is 12.5. The van der Waals surface area contributed by atoms with Crippen LogP contribution < -0.4 is 10.0 Å². The van der Waals surface area contributed by atoms with Crippen LogP contribution in [0.1, 0.15) is 25.0 Å². The number of amides is 1. The molecule has 10 heteroatoms. The second-order valence-corrected chi connectivity index (χ2v) is 10.6. The number of nitrogens with one attached hydrogen (secondary N) is 2. The van der Waals surface area contributed by atoms with Gasteiger partial charge in [-0.1, -0.05) is 32.0 Å². The number of hydrogen-bond donors (Lipinski definition) is 2. The Hall–Kier alpha value is -2.69. The third kappa shape index (κ3) is 6.91. The van der Waals surface area contributed by atoms with Crippen molar-refractivity contribution in [3.63, 3.8) is 0 Å². The molecule has 0 aliphatic heterocycles. The van der Waals surface area contributed by atoms with E-state index in [1.165, 1.54) is 28.6 Å². The number of rotatable bonds is 9. The SMILES string of the molecule is CCN(CC)S(=O)(=O)c1ccc(/C=C/C(=O)Nc2ccc(C)c(NS(C)(=O)=O)c2)cc1. The van der Waals surface area contributed by atoms with Crippen LogP contribution in [0.5, 0.6) is 0 Å². The van der Waals surface area contributed by atoms with E-state index in [1.807, 2.05) is 0 Å². The Morgan fingerprint density at radius 3 is 2.16 bits per heavy atom. The van der Waals surface area contributed by atoms with E-state index in [4.69, 9.17) is 0 Å². The number of anilines is 2. The first-order valence-corrected chi connectivity index (χ1v) is 13.0. The van der Waals surface area contributed by atoms with Crippen molar-refractivity contribution >= 4 is 43.4 Å². The minimum Gasteiger partial charge on any atom is -0.322 e. The predicted octanol–water partition coefficient (Wildman–Crippen LogP) is 3.05. The molecule has 0 spiro atoms. The molecule has 1 amide bonds. The van der Waals surface area contributed by atoms with Crippen LogP contribution in [0.3, 0.4) is 0 Å². The number of benzene rings is 2.